The van der Waals surface area contributed by atoms with E-state index in [4.69, 9.17) is 4.74 Å². The van der Waals surface area contributed by atoms with Gasteiger partial charge < -0.3 is 4.74 Å². The molecule has 0 saturated carbocycles. The zero-order chi connectivity index (χ0) is 20.5. The maximum atomic E-state index is 13.0. The van der Waals surface area contributed by atoms with Gasteiger partial charge in [0, 0.05) is 19.3 Å². The number of carbonyl (C=O) groups is 1. The lowest BCUT2D eigenvalue weighted by Crippen LogP contribution is -2.50. The van der Waals surface area contributed by atoms with Gasteiger partial charge in [0.05, 0.1) is 10.9 Å². The van der Waals surface area contributed by atoms with Crippen LogP contribution in [0.4, 0.5) is 0 Å². The summed E-state index contributed by atoms with van der Waals surface area (Å²) in [5.74, 6) is -0.412. The van der Waals surface area contributed by atoms with Gasteiger partial charge in [0.2, 0.25) is 0 Å². The summed E-state index contributed by atoms with van der Waals surface area (Å²) in [4.78, 5) is 15.3. The number of rotatable bonds is 4. The maximum absolute atomic E-state index is 13.0. The van der Waals surface area contributed by atoms with E-state index in [0.29, 0.717) is 31.2 Å². The van der Waals surface area contributed by atoms with Crippen molar-refractivity contribution in [3.63, 3.8) is 0 Å². The van der Waals surface area contributed by atoms with Crippen molar-refractivity contribution in [1.29, 1.82) is 0 Å². The molecule has 0 unspecified atom stereocenters. The lowest BCUT2D eigenvalue weighted by atomic mass is 9.87. The molecular formula is C21H32N2O4S. The Hall–Kier alpha value is -1.44. The second kappa shape index (κ2) is 8.13. The van der Waals surface area contributed by atoms with Crippen molar-refractivity contribution >= 4 is 15.9 Å². The molecule has 1 aromatic carbocycles. The molecule has 2 aliphatic rings. The molecule has 0 bridgehead atoms. The molecule has 2 aliphatic heterocycles. The molecule has 0 aliphatic carbocycles. The number of benzene rings is 1. The number of aryl methyl sites for hydroxylation is 1. The fraction of sp³-hybridized carbons (Fsp3) is 0.667. The highest BCUT2D eigenvalue weighted by Crippen LogP contribution is 2.28. The van der Waals surface area contributed by atoms with Gasteiger partial charge in [-0.1, -0.05) is 32.9 Å². The maximum Gasteiger partial charge on any atom is 0.264 e. The first-order chi connectivity index (χ1) is 13.1. The summed E-state index contributed by atoms with van der Waals surface area (Å²) in [6, 6.07) is 5.35. The first-order valence-corrected chi connectivity index (χ1v) is 11.6. The topological polar surface area (TPSA) is 75.7 Å². The molecule has 1 amide bonds. The van der Waals surface area contributed by atoms with Crippen LogP contribution >= 0.6 is 0 Å². The highest BCUT2D eigenvalue weighted by Gasteiger charge is 2.37. The average molecular weight is 409 g/mol. The third kappa shape index (κ3) is 4.58. The minimum Gasteiger partial charge on any atom is -0.381 e. The van der Waals surface area contributed by atoms with E-state index < -0.39 is 15.9 Å². The summed E-state index contributed by atoms with van der Waals surface area (Å²) in [5, 5.41) is 0. The monoisotopic (exact) mass is 408 g/mol. The van der Waals surface area contributed by atoms with Crippen LogP contribution in [0.15, 0.2) is 23.1 Å². The van der Waals surface area contributed by atoms with Gasteiger partial charge in [-0.2, -0.15) is 0 Å². The number of sulfonamides is 1. The second-order valence-corrected chi connectivity index (χ2v) is 10.6. The Bertz CT molecular complexity index is 823. The van der Waals surface area contributed by atoms with Gasteiger partial charge in [0.1, 0.15) is 0 Å². The number of nitrogens with one attached hydrogen (secondary N) is 1. The highest BCUT2D eigenvalue weighted by atomic mass is 32.2. The number of likely N-dealkylation sites (tertiary alicyclic amines) is 1. The Morgan fingerprint density at radius 1 is 1.18 bits per heavy atom. The first-order valence-electron chi connectivity index (χ1n) is 10.1. The SMILES string of the molecule is Cc1ccc(C(C)(C)C)cc1S(=O)(=O)NC(=O)[C@H]1CCCN1C1CCOCC1. The number of ether oxygens (including phenoxy) is 1. The Labute approximate surface area is 168 Å². The summed E-state index contributed by atoms with van der Waals surface area (Å²) in [6.07, 6.45) is 3.39. The Kier molecular flexibility index (Phi) is 6.17. The molecule has 0 spiro atoms. The predicted octanol–water partition coefficient (Wildman–Crippen LogP) is 2.74. The number of hydrogen-bond acceptors (Lipinski definition) is 5. The van der Waals surface area contributed by atoms with Crippen LogP contribution in [-0.2, 0) is 25.0 Å². The van der Waals surface area contributed by atoms with E-state index in [1.807, 2.05) is 32.9 Å². The van der Waals surface area contributed by atoms with Crippen molar-refractivity contribution in [3.8, 4) is 0 Å². The summed E-state index contributed by atoms with van der Waals surface area (Å²) in [6.45, 7) is 10.1. The lowest BCUT2D eigenvalue weighted by molar-refractivity contribution is -0.125. The molecule has 1 N–H and O–H groups in total. The van der Waals surface area contributed by atoms with Crippen molar-refractivity contribution in [2.45, 2.75) is 75.8 Å². The van der Waals surface area contributed by atoms with Gasteiger partial charge in [-0.25, -0.2) is 13.1 Å². The molecule has 2 saturated heterocycles. The molecule has 2 heterocycles. The third-order valence-corrected chi connectivity index (χ3v) is 7.32. The Morgan fingerprint density at radius 2 is 1.86 bits per heavy atom. The molecule has 0 aromatic heterocycles. The summed E-state index contributed by atoms with van der Waals surface area (Å²) >= 11 is 0. The molecule has 7 heteroatoms. The van der Waals surface area contributed by atoms with Crippen molar-refractivity contribution in [1.82, 2.24) is 9.62 Å². The van der Waals surface area contributed by atoms with E-state index in [1.54, 1.807) is 13.0 Å². The van der Waals surface area contributed by atoms with Crippen LogP contribution in [-0.4, -0.2) is 51.1 Å². The molecule has 2 fully saturated rings. The van der Waals surface area contributed by atoms with Crippen LogP contribution in [0.5, 0.6) is 0 Å². The number of carbonyl (C=O) groups excluding carboxylic acids is 1. The van der Waals surface area contributed by atoms with Crippen LogP contribution in [0.1, 0.15) is 57.6 Å². The van der Waals surface area contributed by atoms with Crippen molar-refractivity contribution in [2.75, 3.05) is 19.8 Å². The average Bonchev–Trinajstić information content (AvgIpc) is 3.11. The number of hydrogen-bond donors (Lipinski definition) is 1. The van der Waals surface area contributed by atoms with Crippen molar-refractivity contribution < 1.29 is 17.9 Å². The van der Waals surface area contributed by atoms with Crippen molar-refractivity contribution in [3.05, 3.63) is 29.3 Å². The van der Waals surface area contributed by atoms with Crippen LogP contribution in [0, 0.1) is 6.92 Å². The molecule has 28 heavy (non-hydrogen) atoms. The van der Waals surface area contributed by atoms with E-state index in [9.17, 15) is 13.2 Å². The van der Waals surface area contributed by atoms with Crippen LogP contribution in [0.25, 0.3) is 0 Å². The molecule has 156 valence electrons. The summed E-state index contributed by atoms with van der Waals surface area (Å²) < 4.78 is 33.8. The second-order valence-electron chi connectivity index (χ2n) is 8.94. The minimum atomic E-state index is -3.92. The predicted molar refractivity (Wildman–Crippen MR) is 109 cm³/mol. The fourth-order valence-electron chi connectivity index (χ4n) is 4.14. The summed E-state index contributed by atoms with van der Waals surface area (Å²) in [5.41, 5.74) is 1.39. The van der Waals surface area contributed by atoms with E-state index in [-0.39, 0.29) is 16.4 Å². The van der Waals surface area contributed by atoms with Crippen LogP contribution in [0.2, 0.25) is 0 Å². The zero-order valence-electron chi connectivity index (χ0n) is 17.3. The van der Waals surface area contributed by atoms with Crippen LogP contribution < -0.4 is 4.72 Å². The third-order valence-electron chi connectivity index (χ3n) is 5.84. The fourth-order valence-corrected chi connectivity index (χ4v) is 5.42. The molecule has 1 aromatic rings. The first kappa shape index (κ1) is 21.3. The van der Waals surface area contributed by atoms with E-state index >= 15 is 0 Å². The standard InChI is InChI=1S/C21H32N2O4S/c1-15-7-8-16(21(2,3)4)14-19(15)28(25,26)22-20(24)18-6-5-11-23(18)17-9-12-27-13-10-17/h7-8,14,17-18H,5-6,9-13H2,1-4H3,(H,22,24)/t18-/m1/s1. The summed E-state index contributed by atoms with van der Waals surface area (Å²) in [7, 11) is -3.92. The molecule has 0 radical (unpaired) electrons. The Balaban J connectivity index is 1.79. The molecular weight excluding hydrogens is 376 g/mol. The number of amides is 1. The Morgan fingerprint density at radius 3 is 2.50 bits per heavy atom. The van der Waals surface area contributed by atoms with Gasteiger partial charge >= 0.3 is 0 Å². The zero-order valence-corrected chi connectivity index (χ0v) is 18.1. The molecule has 6 nitrogen and oxygen atoms in total. The van der Waals surface area contributed by atoms with E-state index in [0.717, 1.165) is 31.4 Å². The molecule has 1 atom stereocenters. The van der Waals surface area contributed by atoms with Gasteiger partial charge in [0.25, 0.3) is 15.9 Å². The largest absolute Gasteiger partial charge is 0.381 e. The van der Waals surface area contributed by atoms with Gasteiger partial charge in [-0.15, -0.1) is 0 Å². The lowest BCUT2D eigenvalue weighted by Gasteiger charge is -2.34. The van der Waals surface area contributed by atoms with Gasteiger partial charge in [0.15, 0.2) is 0 Å². The molecule has 3 rings (SSSR count). The minimum absolute atomic E-state index is 0.173. The quantitative estimate of drug-likeness (QED) is 0.829. The highest BCUT2D eigenvalue weighted by molar-refractivity contribution is 7.90. The normalized spacial score (nSPS) is 22.4. The van der Waals surface area contributed by atoms with E-state index in [2.05, 4.69) is 9.62 Å². The van der Waals surface area contributed by atoms with E-state index in [1.165, 1.54) is 0 Å². The number of nitrogens with zero attached hydrogens (tertiary/aromatic N) is 1. The van der Waals surface area contributed by atoms with Crippen molar-refractivity contribution in [2.24, 2.45) is 0 Å². The van der Waals surface area contributed by atoms with Gasteiger partial charge in [-0.3, -0.25) is 9.69 Å². The van der Waals surface area contributed by atoms with Gasteiger partial charge in [-0.05, 0) is 61.8 Å². The smallest absolute Gasteiger partial charge is 0.264 e. The van der Waals surface area contributed by atoms with Crippen LogP contribution in [0.3, 0.4) is 0 Å².